The van der Waals surface area contributed by atoms with Crippen LogP contribution in [0.2, 0.25) is 0 Å². The first-order valence-electron chi connectivity index (χ1n) is 6.13. The third-order valence-corrected chi connectivity index (χ3v) is 3.18. The van der Waals surface area contributed by atoms with Gasteiger partial charge in [0.2, 0.25) is 0 Å². The number of hydrogen-bond donors (Lipinski definition) is 1. The Kier molecular flexibility index (Phi) is 5.63. The minimum absolute atomic E-state index is 0.0230. The van der Waals surface area contributed by atoms with Crippen LogP contribution >= 0.6 is 15.9 Å². The molecule has 0 saturated carbocycles. The van der Waals surface area contributed by atoms with Crippen LogP contribution in [0.5, 0.6) is 5.75 Å². The molecule has 6 nitrogen and oxygen atoms in total. The summed E-state index contributed by atoms with van der Waals surface area (Å²) >= 11 is 2.89. The summed E-state index contributed by atoms with van der Waals surface area (Å²) in [6, 6.07) is 4.03. The first kappa shape index (κ1) is 17.3. The SMILES string of the molecule is CC(C)NC(C)(C#N)COc1cc(F)c(Br)cc1[N+](=O)[O-]. The van der Waals surface area contributed by atoms with E-state index in [1.807, 2.05) is 19.9 Å². The van der Waals surface area contributed by atoms with Crippen LogP contribution in [0.1, 0.15) is 20.8 Å². The summed E-state index contributed by atoms with van der Waals surface area (Å²) in [4.78, 5) is 10.3. The van der Waals surface area contributed by atoms with E-state index in [0.717, 1.165) is 12.1 Å². The lowest BCUT2D eigenvalue weighted by Crippen LogP contribution is -2.49. The maximum atomic E-state index is 13.5. The van der Waals surface area contributed by atoms with Crippen molar-refractivity contribution in [3.8, 4) is 11.8 Å². The van der Waals surface area contributed by atoms with Gasteiger partial charge in [0.25, 0.3) is 0 Å². The molecule has 114 valence electrons. The van der Waals surface area contributed by atoms with Crippen molar-refractivity contribution in [1.29, 1.82) is 5.26 Å². The number of hydrogen-bond acceptors (Lipinski definition) is 5. The summed E-state index contributed by atoms with van der Waals surface area (Å²) in [5.74, 6) is -0.890. The van der Waals surface area contributed by atoms with Gasteiger partial charge in [-0.2, -0.15) is 5.26 Å². The van der Waals surface area contributed by atoms with E-state index in [0.29, 0.717) is 0 Å². The molecule has 0 saturated heterocycles. The largest absolute Gasteiger partial charge is 0.484 e. The van der Waals surface area contributed by atoms with Gasteiger partial charge in [-0.3, -0.25) is 15.4 Å². The highest BCUT2D eigenvalue weighted by atomic mass is 79.9. The third kappa shape index (κ3) is 4.65. The Morgan fingerprint density at radius 1 is 1.62 bits per heavy atom. The number of nitrogens with zero attached hydrogens (tertiary/aromatic N) is 2. The molecule has 0 heterocycles. The Morgan fingerprint density at radius 2 is 2.24 bits per heavy atom. The van der Waals surface area contributed by atoms with Crippen LogP contribution in [-0.4, -0.2) is 23.1 Å². The summed E-state index contributed by atoms with van der Waals surface area (Å²) < 4.78 is 18.8. The van der Waals surface area contributed by atoms with Gasteiger partial charge in [-0.15, -0.1) is 0 Å². The molecule has 0 amide bonds. The molecule has 1 aromatic rings. The van der Waals surface area contributed by atoms with Crippen LogP contribution in [-0.2, 0) is 0 Å². The minimum Gasteiger partial charge on any atom is -0.484 e. The smallest absolute Gasteiger partial charge is 0.312 e. The number of ether oxygens (including phenoxy) is 1. The highest BCUT2D eigenvalue weighted by Crippen LogP contribution is 2.32. The van der Waals surface area contributed by atoms with Gasteiger partial charge in [0.1, 0.15) is 18.0 Å². The summed E-state index contributed by atoms with van der Waals surface area (Å²) in [5.41, 5.74) is -1.40. The lowest BCUT2D eigenvalue weighted by Gasteiger charge is -2.25. The average Bonchev–Trinajstić information content (AvgIpc) is 2.38. The topological polar surface area (TPSA) is 88.2 Å². The van der Waals surface area contributed by atoms with E-state index in [1.54, 1.807) is 6.92 Å². The minimum atomic E-state index is -1.04. The first-order valence-corrected chi connectivity index (χ1v) is 6.93. The number of halogens is 2. The van der Waals surface area contributed by atoms with Gasteiger partial charge in [-0.25, -0.2) is 4.39 Å². The molecule has 1 rings (SSSR count). The molecule has 0 aliphatic rings. The predicted molar refractivity (Wildman–Crippen MR) is 78.5 cm³/mol. The normalized spacial score (nSPS) is 13.6. The molecule has 1 aromatic carbocycles. The van der Waals surface area contributed by atoms with E-state index in [1.165, 1.54) is 0 Å². The van der Waals surface area contributed by atoms with E-state index < -0.39 is 16.3 Å². The fourth-order valence-electron chi connectivity index (χ4n) is 1.74. The summed E-state index contributed by atoms with van der Waals surface area (Å²) in [5, 5.41) is 23.1. The van der Waals surface area contributed by atoms with Crippen molar-refractivity contribution in [2.45, 2.75) is 32.4 Å². The van der Waals surface area contributed by atoms with Gasteiger partial charge >= 0.3 is 5.69 Å². The quantitative estimate of drug-likeness (QED) is 0.622. The number of benzene rings is 1. The number of nitrogens with one attached hydrogen (secondary N) is 1. The average molecular weight is 360 g/mol. The maximum Gasteiger partial charge on any atom is 0.312 e. The zero-order chi connectivity index (χ0) is 16.2. The van der Waals surface area contributed by atoms with Crippen LogP contribution in [0, 0.1) is 27.3 Å². The molecule has 0 aliphatic heterocycles. The van der Waals surface area contributed by atoms with E-state index in [4.69, 9.17) is 4.74 Å². The second kappa shape index (κ2) is 6.83. The Bertz CT molecular complexity index is 589. The summed E-state index contributed by atoms with van der Waals surface area (Å²) in [7, 11) is 0. The number of nitro benzene ring substituents is 1. The van der Waals surface area contributed by atoms with Crippen LogP contribution in [0.4, 0.5) is 10.1 Å². The lowest BCUT2D eigenvalue weighted by atomic mass is 10.1. The molecule has 21 heavy (non-hydrogen) atoms. The van der Waals surface area contributed by atoms with Gasteiger partial charge in [0.15, 0.2) is 5.75 Å². The van der Waals surface area contributed by atoms with E-state index in [2.05, 4.69) is 21.2 Å². The summed E-state index contributed by atoms with van der Waals surface area (Å²) in [6.45, 7) is 5.17. The van der Waals surface area contributed by atoms with Crippen molar-refractivity contribution in [3.05, 3.63) is 32.5 Å². The van der Waals surface area contributed by atoms with Gasteiger partial charge in [0.05, 0.1) is 15.5 Å². The van der Waals surface area contributed by atoms with Crippen LogP contribution < -0.4 is 10.1 Å². The molecule has 0 radical (unpaired) electrons. The van der Waals surface area contributed by atoms with Crippen molar-refractivity contribution in [2.24, 2.45) is 0 Å². The standard InChI is InChI=1S/C13H15BrFN3O3/c1-8(2)17-13(3,6-16)7-21-12-5-10(15)9(14)4-11(12)18(19)20/h4-5,8,17H,7H2,1-3H3. The second-order valence-electron chi connectivity index (χ2n) is 5.02. The van der Waals surface area contributed by atoms with E-state index in [-0.39, 0.29) is 28.6 Å². The molecule has 1 unspecified atom stereocenters. The molecular formula is C13H15BrFN3O3. The highest BCUT2D eigenvalue weighted by molar-refractivity contribution is 9.10. The number of nitro groups is 1. The molecular weight excluding hydrogens is 345 g/mol. The monoisotopic (exact) mass is 359 g/mol. The Hall–Kier alpha value is -1.72. The maximum absolute atomic E-state index is 13.5. The molecule has 1 atom stereocenters. The molecule has 1 N–H and O–H groups in total. The highest BCUT2D eigenvalue weighted by Gasteiger charge is 2.28. The molecule has 0 aliphatic carbocycles. The van der Waals surface area contributed by atoms with Crippen molar-refractivity contribution < 1.29 is 14.1 Å². The summed E-state index contributed by atoms with van der Waals surface area (Å²) in [6.07, 6.45) is 0. The second-order valence-corrected chi connectivity index (χ2v) is 5.88. The predicted octanol–water partition coefficient (Wildman–Crippen LogP) is 3.16. The number of nitriles is 1. The third-order valence-electron chi connectivity index (χ3n) is 2.57. The Balaban J connectivity index is 3.00. The first-order chi connectivity index (χ1) is 9.68. The van der Waals surface area contributed by atoms with Gasteiger partial charge < -0.3 is 4.74 Å². The van der Waals surface area contributed by atoms with Crippen molar-refractivity contribution in [3.63, 3.8) is 0 Å². The van der Waals surface area contributed by atoms with Gasteiger partial charge in [-0.05, 0) is 36.7 Å². The van der Waals surface area contributed by atoms with E-state index >= 15 is 0 Å². The molecule has 0 bridgehead atoms. The van der Waals surface area contributed by atoms with E-state index in [9.17, 15) is 19.8 Å². The van der Waals surface area contributed by atoms with Gasteiger partial charge in [0, 0.05) is 18.2 Å². The Morgan fingerprint density at radius 3 is 2.71 bits per heavy atom. The molecule has 0 aromatic heterocycles. The van der Waals surface area contributed by atoms with Crippen molar-refractivity contribution in [2.75, 3.05) is 6.61 Å². The van der Waals surface area contributed by atoms with Crippen LogP contribution in [0.15, 0.2) is 16.6 Å². The van der Waals surface area contributed by atoms with Crippen LogP contribution in [0.3, 0.4) is 0 Å². The van der Waals surface area contributed by atoms with Crippen LogP contribution in [0.25, 0.3) is 0 Å². The zero-order valence-corrected chi connectivity index (χ0v) is 13.4. The fourth-order valence-corrected chi connectivity index (χ4v) is 2.07. The van der Waals surface area contributed by atoms with Crippen molar-refractivity contribution >= 4 is 21.6 Å². The number of rotatable bonds is 6. The Labute approximate surface area is 130 Å². The molecule has 0 spiro atoms. The van der Waals surface area contributed by atoms with Crippen molar-refractivity contribution in [1.82, 2.24) is 5.32 Å². The molecule has 0 fully saturated rings. The van der Waals surface area contributed by atoms with Gasteiger partial charge in [-0.1, -0.05) is 0 Å². The fraction of sp³-hybridized carbons (Fsp3) is 0.462. The molecule has 8 heteroatoms. The lowest BCUT2D eigenvalue weighted by molar-refractivity contribution is -0.386. The zero-order valence-electron chi connectivity index (χ0n) is 11.8.